The summed E-state index contributed by atoms with van der Waals surface area (Å²) in [6.07, 6.45) is -0.418. The van der Waals surface area contributed by atoms with Gasteiger partial charge in [-0.25, -0.2) is 4.21 Å². The Bertz CT molecular complexity index is 646. The lowest BCUT2D eigenvalue weighted by molar-refractivity contribution is -0.172. The second-order valence-corrected chi connectivity index (χ2v) is 8.16. The van der Waals surface area contributed by atoms with Crippen molar-refractivity contribution in [3.05, 3.63) is 0 Å². The topological polar surface area (TPSA) is 187 Å². The van der Waals surface area contributed by atoms with Crippen molar-refractivity contribution >= 4 is 64.3 Å². The maximum atomic E-state index is 10.7. The summed E-state index contributed by atoms with van der Waals surface area (Å²) in [5.41, 5.74) is 0. The number of hydroxylamine groups is 4. The Balaban J connectivity index is 0.000000379. The molecule has 0 bridgehead atoms. The van der Waals surface area contributed by atoms with Crippen LogP contribution in [0.4, 0.5) is 0 Å². The molecule has 138 valence electrons. The first-order valence-corrected chi connectivity index (χ1v) is 9.90. The molecule has 24 heavy (non-hydrogen) atoms. The average Bonchev–Trinajstić information content (AvgIpc) is 2.86. The minimum absolute atomic E-state index is 0.148. The van der Waals surface area contributed by atoms with Crippen LogP contribution in [0.15, 0.2) is 0 Å². The minimum Gasteiger partial charge on any atom is -0.285 e. The van der Waals surface area contributed by atoms with Gasteiger partial charge in [0.25, 0.3) is 33.7 Å². The van der Waals surface area contributed by atoms with E-state index in [0.29, 0.717) is 0 Å². The van der Waals surface area contributed by atoms with Crippen LogP contribution in [0, 0.1) is 0 Å². The molecule has 0 aromatic rings. The van der Waals surface area contributed by atoms with Gasteiger partial charge in [0.2, 0.25) is 9.23 Å². The summed E-state index contributed by atoms with van der Waals surface area (Å²) >= 11 is 0. The summed E-state index contributed by atoms with van der Waals surface area (Å²) in [5.74, 6) is -3.37. The predicted molar refractivity (Wildman–Crippen MR) is 76.3 cm³/mol. The maximum absolute atomic E-state index is 10.7. The number of carbonyl (C=O) groups is 4. The SMILES string of the molecule is O=C1CC(S(=O)(=O)O)C(=O)N1O.O=C1CCC(=O)N1O.O=S(Cl)Cl. The van der Waals surface area contributed by atoms with Gasteiger partial charge in [-0.05, 0) is 0 Å². The van der Waals surface area contributed by atoms with E-state index in [-0.39, 0.29) is 23.0 Å². The Morgan fingerprint density at radius 3 is 1.46 bits per heavy atom. The Kier molecular flexibility index (Phi) is 8.90. The Morgan fingerprint density at radius 2 is 1.33 bits per heavy atom. The fraction of sp³-hybridized carbons (Fsp3) is 0.500. The largest absolute Gasteiger partial charge is 0.285 e. The Morgan fingerprint density at radius 1 is 0.958 bits per heavy atom. The van der Waals surface area contributed by atoms with Gasteiger partial charge in [-0.2, -0.15) is 18.5 Å². The highest BCUT2D eigenvalue weighted by Crippen LogP contribution is 2.16. The molecule has 0 aromatic carbocycles. The molecule has 2 rings (SSSR count). The van der Waals surface area contributed by atoms with Crippen LogP contribution in [0.5, 0.6) is 0 Å². The maximum Gasteiger partial charge on any atom is 0.277 e. The van der Waals surface area contributed by atoms with E-state index < -0.39 is 54.6 Å². The van der Waals surface area contributed by atoms with E-state index in [1.807, 2.05) is 0 Å². The van der Waals surface area contributed by atoms with E-state index in [1.54, 1.807) is 0 Å². The van der Waals surface area contributed by atoms with Crippen LogP contribution in [0.25, 0.3) is 0 Å². The van der Waals surface area contributed by atoms with Crippen molar-refractivity contribution in [1.82, 2.24) is 10.1 Å². The highest BCUT2D eigenvalue weighted by atomic mass is 36.0. The smallest absolute Gasteiger partial charge is 0.277 e. The van der Waals surface area contributed by atoms with E-state index in [1.165, 1.54) is 0 Å². The molecule has 3 N–H and O–H groups in total. The molecule has 0 aliphatic carbocycles. The molecule has 0 radical (unpaired) electrons. The Labute approximate surface area is 146 Å². The van der Waals surface area contributed by atoms with E-state index in [2.05, 4.69) is 21.4 Å². The van der Waals surface area contributed by atoms with Crippen LogP contribution < -0.4 is 0 Å². The molecule has 2 saturated heterocycles. The second kappa shape index (κ2) is 9.36. The van der Waals surface area contributed by atoms with Crippen LogP contribution in [0.3, 0.4) is 0 Å². The molecule has 4 amide bonds. The molecule has 2 aliphatic heterocycles. The van der Waals surface area contributed by atoms with E-state index in [9.17, 15) is 27.6 Å². The summed E-state index contributed by atoms with van der Waals surface area (Å²) in [5, 5.41) is 15.0. The zero-order valence-corrected chi connectivity index (χ0v) is 14.5. The normalized spacial score (nSPS) is 20.8. The van der Waals surface area contributed by atoms with Crippen molar-refractivity contribution in [1.29, 1.82) is 0 Å². The van der Waals surface area contributed by atoms with Gasteiger partial charge in [0.15, 0.2) is 5.25 Å². The number of rotatable bonds is 1. The monoisotopic (exact) mass is 428 g/mol. The summed E-state index contributed by atoms with van der Waals surface area (Å²) in [7, 11) is 2.77. The standard InChI is InChI=1S/C4H5NO6S.C4H5NO3.Cl2OS/c6-3-1-2(12(9,10)11)4(7)5(3)8;6-3-1-2-4(7)5(3)8;1-4(2)3/h2,8H,1H2,(H,9,10,11);8H,1-2H2;. The second-order valence-electron chi connectivity index (χ2n) is 4.04. The fourth-order valence-electron chi connectivity index (χ4n) is 1.39. The van der Waals surface area contributed by atoms with E-state index >= 15 is 0 Å². The van der Waals surface area contributed by atoms with Gasteiger partial charge in [-0.15, -0.1) is 0 Å². The highest BCUT2D eigenvalue weighted by Gasteiger charge is 2.45. The molecule has 0 saturated carbocycles. The first-order chi connectivity index (χ1) is 10.8. The third-order valence-corrected chi connectivity index (χ3v) is 3.55. The van der Waals surface area contributed by atoms with Gasteiger partial charge < -0.3 is 0 Å². The van der Waals surface area contributed by atoms with Gasteiger partial charge in [0.05, 0.1) is 6.42 Å². The molecule has 16 heteroatoms. The molecular weight excluding hydrogens is 419 g/mol. The number of amides is 4. The zero-order chi connectivity index (χ0) is 19.2. The molecule has 12 nitrogen and oxygen atoms in total. The van der Waals surface area contributed by atoms with Crippen molar-refractivity contribution in [2.45, 2.75) is 24.5 Å². The van der Waals surface area contributed by atoms with Crippen LogP contribution in [-0.4, -0.2) is 66.6 Å². The molecule has 2 aliphatic rings. The summed E-state index contributed by atoms with van der Waals surface area (Å²) < 4.78 is 38.2. The Hall–Kier alpha value is -1.16. The lowest BCUT2D eigenvalue weighted by Crippen LogP contribution is -2.32. The summed E-state index contributed by atoms with van der Waals surface area (Å²) in [6.45, 7) is 0. The third kappa shape index (κ3) is 7.16. The van der Waals surface area contributed by atoms with Crippen molar-refractivity contribution < 1.29 is 46.8 Å². The van der Waals surface area contributed by atoms with Crippen molar-refractivity contribution in [2.75, 3.05) is 0 Å². The van der Waals surface area contributed by atoms with Gasteiger partial charge in [-0.1, -0.05) is 0 Å². The molecule has 2 fully saturated rings. The predicted octanol–water partition coefficient (Wildman–Crippen LogP) is -1.04. The highest BCUT2D eigenvalue weighted by molar-refractivity contribution is 8.26. The van der Waals surface area contributed by atoms with Crippen molar-refractivity contribution in [3.63, 3.8) is 0 Å². The van der Waals surface area contributed by atoms with Crippen LogP contribution in [0.2, 0.25) is 0 Å². The van der Waals surface area contributed by atoms with E-state index in [0.717, 1.165) is 0 Å². The molecule has 1 unspecified atom stereocenters. The fourth-order valence-corrected chi connectivity index (χ4v) is 2.10. The number of halogens is 2. The van der Waals surface area contributed by atoms with Crippen LogP contribution in [-0.2, 0) is 38.5 Å². The van der Waals surface area contributed by atoms with Crippen molar-refractivity contribution in [2.24, 2.45) is 0 Å². The van der Waals surface area contributed by atoms with Gasteiger partial charge in [0, 0.05) is 34.2 Å². The van der Waals surface area contributed by atoms with Gasteiger partial charge in [-0.3, -0.25) is 34.1 Å². The lowest BCUT2D eigenvalue weighted by atomic mass is 10.4. The van der Waals surface area contributed by atoms with E-state index in [4.69, 9.17) is 19.2 Å². The molecular formula is C8H10Cl2N2O10S2. The van der Waals surface area contributed by atoms with Crippen LogP contribution >= 0.6 is 21.4 Å². The number of hydrogen-bond donors (Lipinski definition) is 3. The van der Waals surface area contributed by atoms with Gasteiger partial charge >= 0.3 is 0 Å². The molecule has 0 spiro atoms. The third-order valence-electron chi connectivity index (χ3n) is 2.47. The lowest BCUT2D eigenvalue weighted by Gasteiger charge is -2.02. The van der Waals surface area contributed by atoms with Crippen LogP contribution in [0.1, 0.15) is 19.3 Å². The quantitative estimate of drug-likeness (QED) is 0.201. The summed E-state index contributed by atoms with van der Waals surface area (Å²) in [6, 6.07) is 0. The number of carbonyl (C=O) groups excluding carboxylic acids is 4. The first kappa shape index (κ1) is 22.8. The average molecular weight is 429 g/mol. The summed E-state index contributed by atoms with van der Waals surface area (Å²) in [4.78, 5) is 41.7. The number of hydrogen-bond acceptors (Lipinski definition) is 9. The molecule has 1 atom stereocenters. The minimum atomic E-state index is -4.59. The number of nitrogens with zero attached hydrogens (tertiary/aromatic N) is 2. The number of imide groups is 2. The van der Waals surface area contributed by atoms with Crippen molar-refractivity contribution in [3.8, 4) is 0 Å². The molecule has 0 aromatic heterocycles. The molecule has 2 heterocycles. The first-order valence-electron chi connectivity index (χ1n) is 5.60. The zero-order valence-electron chi connectivity index (χ0n) is 11.4. The van der Waals surface area contributed by atoms with Gasteiger partial charge in [0.1, 0.15) is 0 Å².